The molecule has 2 aliphatic rings. The van der Waals surface area contributed by atoms with Crippen LogP contribution >= 0.6 is 0 Å². The van der Waals surface area contributed by atoms with Crippen LogP contribution in [0.3, 0.4) is 0 Å². The van der Waals surface area contributed by atoms with Gasteiger partial charge in [0.2, 0.25) is 0 Å². The lowest BCUT2D eigenvalue weighted by atomic mass is 9.80. The first-order chi connectivity index (χ1) is 20.0. The second kappa shape index (κ2) is 11.9. The van der Waals surface area contributed by atoms with E-state index in [9.17, 15) is 0 Å². The van der Waals surface area contributed by atoms with E-state index in [1.165, 1.54) is 0 Å². The molecule has 2 saturated heterocycles. The number of fused-ring (bicyclic) bond motifs is 1. The Morgan fingerprint density at radius 1 is 0.707 bits per heavy atom. The molecular weight excluding hydrogens is 514 g/mol. The van der Waals surface area contributed by atoms with Crippen molar-refractivity contribution in [3.8, 4) is 0 Å². The maximum Gasteiger partial charge on any atom is 0.187 e. The average Bonchev–Trinajstić information content (AvgIpc) is 3.51. The molecule has 0 radical (unpaired) electrons. The molecule has 4 aromatic rings. The third-order valence-electron chi connectivity index (χ3n) is 7.76. The summed E-state index contributed by atoms with van der Waals surface area (Å²) < 4.78 is 32.2. The van der Waals surface area contributed by atoms with Gasteiger partial charge < -0.3 is 29.4 Å². The molecule has 5 atom stereocenters. The third-order valence-corrected chi connectivity index (χ3v) is 7.76. The highest BCUT2D eigenvalue weighted by molar-refractivity contribution is 5.47. The summed E-state index contributed by atoms with van der Waals surface area (Å²) in [4.78, 5) is 0. The van der Waals surface area contributed by atoms with E-state index in [0.717, 1.165) is 22.3 Å². The first-order valence-corrected chi connectivity index (χ1v) is 14.2. The number of benzene rings is 4. The SMILES string of the molecule is CC1(C)OC2C(O1)[C@@H](C(N)COC(c1ccccc1)(c1ccccc1)c1ccccc1)O[C@@H]2OCc1ccccc1. The number of hydrogen-bond acceptors (Lipinski definition) is 6. The molecule has 6 rings (SSSR count). The van der Waals surface area contributed by atoms with Gasteiger partial charge in [0.25, 0.3) is 0 Å². The Morgan fingerprint density at radius 2 is 1.17 bits per heavy atom. The minimum Gasteiger partial charge on any atom is -0.359 e. The summed E-state index contributed by atoms with van der Waals surface area (Å²) in [7, 11) is 0. The molecule has 4 aromatic carbocycles. The molecule has 0 spiro atoms. The van der Waals surface area contributed by atoms with Crippen molar-refractivity contribution in [3.05, 3.63) is 144 Å². The van der Waals surface area contributed by atoms with Crippen molar-refractivity contribution in [2.45, 2.75) is 62.5 Å². The van der Waals surface area contributed by atoms with Crippen molar-refractivity contribution < 1.29 is 23.7 Å². The molecule has 0 saturated carbocycles. The minimum atomic E-state index is -0.880. The van der Waals surface area contributed by atoms with E-state index in [2.05, 4.69) is 36.4 Å². The molecule has 0 amide bonds. The van der Waals surface area contributed by atoms with Crippen molar-refractivity contribution in [2.24, 2.45) is 5.73 Å². The van der Waals surface area contributed by atoms with Crippen LogP contribution in [-0.2, 0) is 35.9 Å². The van der Waals surface area contributed by atoms with Gasteiger partial charge in [-0.3, -0.25) is 0 Å². The second-order valence-corrected chi connectivity index (χ2v) is 11.1. The first-order valence-electron chi connectivity index (χ1n) is 14.2. The Kier molecular flexibility index (Phi) is 8.04. The summed E-state index contributed by atoms with van der Waals surface area (Å²) in [5.74, 6) is -0.770. The Balaban J connectivity index is 1.28. The van der Waals surface area contributed by atoms with Gasteiger partial charge in [0, 0.05) is 0 Å². The largest absolute Gasteiger partial charge is 0.359 e. The lowest BCUT2D eigenvalue weighted by Crippen LogP contribution is -2.48. The zero-order valence-electron chi connectivity index (χ0n) is 23.5. The van der Waals surface area contributed by atoms with Crippen molar-refractivity contribution in [1.29, 1.82) is 0 Å². The van der Waals surface area contributed by atoms with Gasteiger partial charge in [-0.2, -0.15) is 0 Å². The van der Waals surface area contributed by atoms with Gasteiger partial charge in [0.1, 0.15) is 23.9 Å². The van der Waals surface area contributed by atoms with Crippen molar-refractivity contribution >= 4 is 0 Å². The van der Waals surface area contributed by atoms with Gasteiger partial charge in [-0.1, -0.05) is 121 Å². The molecule has 2 fully saturated rings. The van der Waals surface area contributed by atoms with E-state index in [-0.39, 0.29) is 12.7 Å². The number of rotatable bonds is 10. The highest BCUT2D eigenvalue weighted by Crippen LogP contribution is 2.43. The van der Waals surface area contributed by atoms with Crippen LogP contribution in [0.1, 0.15) is 36.1 Å². The van der Waals surface area contributed by atoms with Gasteiger partial charge >= 0.3 is 0 Å². The third kappa shape index (κ3) is 5.72. The number of ether oxygens (including phenoxy) is 5. The topological polar surface area (TPSA) is 72.2 Å². The van der Waals surface area contributed by atoms with Gasteiger partial charge in [0.05, 0.1) is 19.3 Å². The quantitative estimate of drug-likeness (QED) is 0.252. The Labute approximate surface area is 242 Å². The first kappa shape index (κ1) is 27.8. The molecule has 0 aliphatic carbocycles. The fraction of sp³-hybridized carbons (Fsp3) is 0.314. The normalized spacial score (nSPS) is 24.2. The molecule has 2 heterocycles. The Hall–Kier alpha value is -3.36. The van der Waals surface area contributed by atoms with E-state index in [1.54, 1.807) is 0 Å². The monoisotopic (exact) mass is 551 g/mol. The fourth-order valence-electron chi connectivity index (χ4n) is 5.91. The van der Waals surface area contributed by atoms with Gasteiger partial charge in [0.15, 0.2) is 12.1 Å². The van der Waals surface area contributed by atoms with E-state index < -0.39 is 35.9 Å². The Morgan fingerprint density at radius 3 is 1.68 bits per heavy atom. The van der Waals surface area contributed by atoms with Crippen LogP contribution in [0.25, 0.3) is 0 Å². The number of hydrogen-bond donors (Lipinski definition) is 1. The van der Waals surface area contributed by atoms with Crippen LogP contribution in [0, 0.1) is 0 Å². The van der Waals surface area contributed by atoms with Crippen molar-refractivity contribution in [1.82, 2.24) is 0 Å². The van der Waals surface area contributed by atoms with Gasteiger partial charge in [-0.05, 0) is 36.1 Å². The predicted octanol–water partition coefficient (Wildman–Crippen LogP) is 5.78. The van der Waals surface area contributed by atoms with E-state index in [4.69, 9.17) is 29.4 Å². The van der Waals surface area contributed by atoms with Crippen molar-refractivity contribution in [2.75, 3.05) is 6.61 Å². The molecule has 6 heteroatoms. The van der Waals surface area contributed by atoms with Crippen LogP contribution in [-0.4, -0.2) is 43.0 Å². The molecule has 0 aromatic heterocycles. The molecule has 2 aliphatic heterocycles. The van der Waals surface area contributed by atoms with Crippen LogP contribution < -0.4 is 5.73 Å². The van der Waals surface area contributed by atoms with Gasteiger partial charge in [-0.15, -0.1) is 0 Å². The highest BCUT2D eigenvalue weighted by Gasteiger charge is 2.57. The second-order valence-electron chi connectivity index (χ2n) is 11.1. The average molecular weight is 552 g/mol. The molecule has 41 heavy (non-hydrogen) atoms. The lowest BCUT2D eigenvalue weighted by molar-refractivity contribution is -0.239. The summed E-state index contributed by atoms with van der Waals surface area (Å²) in [6.07, 6.45) is -1.88. The predicted molar refractivity (Wildman–Crippen MR) is 157 cm³/mol. The minimum absolute atomic E-state index is 0.210. The Bertz CT molecular complexity index is 1290. The molecule has 3 unspecified atom stereocenters. The summed E-state index contributed by atoms with van der Waals surface area (Å²) in [6, 6.07) is 40.3. The molecule has 6 nitrogen and oxygen atoms in total. The van der Waals surface area contributed by atoms with Crippen LogP contribution in [0.5, 0.6) is 0 Å². The molecule has 212 valence electrons. The maximum absolute atomic E-state index is 6.98. The highest BCUT2D eigenvalue weighted by atomic mass is 16.8. The maximum atomic E-state index is 6.98. The summed E-state index contributed by atoms with van der Waals surface area (Å²) in [6.45, 7) is 4.42. The molecular formula is C35H37NO5. The van der Waals surface area contributed by atoms with Crippen molar-refractivity contribution in [3.63, 3.8) is 0 Å². The summed E-state index contributed by atoms with van der Waals surface area (Å²) >= 11 is 0. The molecule has 0 bridgehead atoms. The van der Waals surface area contributed by atoms with E-state index >= 15 is 0 Å². The number of nitrogens with two attached hydrogens (primary N) is 1. The van der Waals surface area contributed by atoms with E-state index in [1.807, 2.05) is 98.8 Å². The van der Waals surface area contributed by atoms with E-state index in [0.29, 0.717) is 6.61 Å². The van der Waals surface area contributed by atoms with Crippen LogP contribution in [0.4, 0.5) is 0 Å². The van der Waals surface area contributed by atoms with Crippen LogP contribution in [0.2, 0.25) is 0 Å². The fourth-order valence-corrected chi connectivity index (χ4v) is 5.91. The standard InChI is InChI=1S/C35H37NO5/c1-34(2)40-31-30(39-33(32(31)41-34)37-23-25-15-7-3-8-16-25)29(36)24-38-35(26-17-9-4-10-18-26,27-19-11-5-12-20-27)28-21-13-6-14-22-28/h3-22,29-33H,23-24,36H2,1-2H3/t29?,30-,31?,32?,33+/m1/s1. The zero-order valence-corrected chi connectivity index (χ0v) is 23.5. The van der Waals surface area contributed by atoms with Gasteiger partial charge in [-0.25, -0.2) is 0 Å². The van der Waals surface area contributed by atoms with Crippen LogP contribution in [0.15, 0.2) is 121 Å². The zero-order chi connectivity index (χ0) is 28.3. The molecule has 2 N–H and O–H groups in total. The smallest absolute Gasteiger partial charge is 0.187 e. The lowest BCUT2D eigenvalue weighted by Gasteiger charge is -2.37. The summed E-state index contributed by atoms with van der Waals surface area (Å²) in [5.41, 5.74) is 10.1. The summed E-state index contributed by atoms with van der Waals surface area (Å²) in [5, 5.41) is 0.